The molecule has 4 aromatic rings. The summed E-state index contributed by atoms with van der Waals surface area (Å²) in [4.78, 5) is 0. The van der Waals surface area contributed by atoms with E-state index in [1.54, 1.807) is 0 Å². The molecule has 0 heterocycles. The second kappa shape index (κ2) is 4.96. The predicted octanol–water partition coefficient (Wildman–Crippen LogP) is 5.42. The van der Waals surface area contributed by atoms with Gasteiger partial charge in [0.2, 0.25) is 0 Å². The molecule has 0 nitrogen and oxygen atoms in total. The van der Waals surface area contributed by atoms with Crippen molar-refractivity contribution in [2.45, 2.75) is 20.4 Å². The summed E-state index contributed by atoms with van der Waals surface area (Å²) in [5.41, 5.74) is 0. The summed E-state index contributed by atoms with van der Waals surface area (Å²) >= 11 is 0. The second-order valence-corrected chi connectivity index (χ2v) is 8.64. The minimum Gasteiger partial charge on any atom is -0.0924 e. The van der Waals surface area contributed by atoms with E-state index in [1.165, 1.54) is 42.7 Å². The van der Waals surface area contributed by atoms with E-state index in [0.717, 1.165) is 0 Å². The highest BCUT2D eigenvalue weighted by Crippen LogP contribution is 2.33. The first kappa shape index (κ1) is 13.5. The van der Waals surface area contributed by atoms with Crippen molar-refractivity contribution in [1.82, 2.24) is 0 Å². The molecule has 0 aromatic heterocycles. The molecule has 0 saturated carbocycles. The molecular formula is C21H19Si. The standard InChI is InChI=1S/C21H19Si/c1-4-14(2)22(3)19-13-11-17-9-8-15-6-5-7-16-10-12-18(19)21(17)20(15)16/h4-13H,1-3H3/b14-4+. The lowest BCUT2D eigenvalue weighted by molar-refractivity contribution is 1.55. The fraction of sp³-hybridized carbons (Fsp3) is 0.143. The maximum atomic E-state index is 2.41. The number of rotatable bonds is 2. The van der Waals surface area contributed by atoms with E-state index in [1.807, 2.05) is 0 Å². The normalized spacial score (nSPS) is 13.0. The van der Waals surface area contributed by atoms with Gasteiger partial charge in [-0.25, -0.2) is 0 Å². The Morgan fingerprint density at radius 2 is 1.41 bits per heavy atom. The SMILES string of the molecule is C/C=C(\C)[Si](C)c1ccc2ccc3cccc4ccc1c2c34. The summed E-state index contributed by atoms with van der Waals surface area (Å²) in [6.07, 6.45) is 2.27. The average Bonchev–Trinajstić information content (AvgIpc) is 2.58. The van der Waals surface area contributed by atoms with E-state index >= 15 is 0 Å². The first-order valence-corrected chi connectivity index (χ1v) is 9.84. The van der Waals surface area contributed by atoms with Crippen molar-refractivity contribution in [3.63, 3.8) is 0 Å². The minimum atomic E-state index is -0.657. The summed E-state index contributed by atoms with van der Waals surface area (Å²) < 4.78 is 0. The molecule has 4 aromatic carbocycles. The number of hydrogen-bond acceptors (Lipinski definition) is 0. The van der Waals surface area contributed by atoms with Crippen LogP contribution in [0.1, 0.15) is 13.8 Å². The number of benzene rings is 4. The predicted molar refractivity (Wildman–Crippen MR) is 101 cm³/mol. The molecule has 0 aliphatic rings. The lowest BCUT2D eigenvalue weighted by atomic mass is 9.94. The highest BCUT2D eigenvalue weighted by molar-refractivity contribution is 6.80. The summed E-state index contributed by atoms with van der Waals surface area (Å²) in [5, 5.41) is 11.4. The fourth-order valence-corrected chi connectivity index (χ4v) is 5.29. The van der Waals surface area contributed by atoms with E-state index in [9.17, 15) is 0 Å². The van der Waals surface area contributed by atoms with E-state index < -0.39 is 8.80 Å². The van der Waals surface area contributed by atoms with Crippen LogP contribution in [0.2, 0.25) is 6.55 Å². The second-order valence-electron chi connectivity index (χ2n) is 6.07. The quantitative estimate of drug-likeness (QED) is 0.342. The molecule has 0 saturated heterocycles. The molecule has 0 aliphatic heterocycles. The van der Waals surface area contributed by atoms with Gasteiger partial charge >= 0.3 is 0 Å². The Bertz CT molecular complexity index is 995. The van der Waals surface area contributed by atoms with Gasteiger partial charge in [0.1, 0.15) is 8.80 Å². The minimum absolute atomic E-state index is 0.657. The van der Waals surface area contributed by atoms with Crippen molar-refractivity contribution < 1.29 is 0 Å². The summed E-state index contributed by atoms with van der Waals surface area (Å²) in [5.74, 6) is 0. The molecule has 0 amide bonds. The van der Waals surface area contributed by atoms with Gasteiger partial charge in [-0.2, -0.15) is 0 Å². The highest BCUT2D eigenvalue weighted by atomic mass is 28.3. The Hall–Kier alpha value is -2.12. The van der Waals surface area contributed by atoms with E-state index in [-0.39, 0.29) is 0 Å². The van der Waals surface area contributed by atoms with E-state index in [2.05, 4.69) is 81.1 Å². The van der Waals surface area contributed by atoms with E-state index in [4.69, 9.17) is 0 Å². The summed E-state index contributed by atoms with van der Waals surface area (Å²) in [6.45, 7) is 6.83. The third kappa shape index (κ3) is 1.82. The third-order valence-corrected chi connectivity index (χ3v) is 7.67. The van der Waals surface area contributed by atoms with Gasteiger partial charge in [0.25, 0.3) is 0 Å². The highest BCUT2D eigenvalue weighted by Gasteiger charge is 2.16. The van der Waals surface area contributed by atoms with Crippen molar-refractivity contribution in [3.8, 4) is 0 Å². The van der Waals surface area contributed by atoms with Gasteiger partial charge in [-0.3, -0.25) is 0 Å². The van der Waals surface area contributed by atoms with Gasteiger partial charge in [-0.15, -0.1) is 0 Å². The van der Waals surface area contributed by atoms with Crippen LogP contribution in [0.25, 0.3) is 32.3 Å². The lowest BCUT2D eigenvalue weighted by Crippen LogP contribution is -2.28. The van der Waals surface area contributed by atoms with Crippen LogP contribution in [-0.2, 0) is 0 Å². The first-order chi connectivity index (χ1) is 10.7. The number of hydrogen-bond donors (Lipinski definition) is 0. The van der Waals surface area contributed by atoms with Crippen LogP contribution in [0.4, 0.5) is 0 Å². The van der Waals surface area contributed by atoms with Crippen molar-refractivity contribution in [2.24, 2.45) is 0 Å². The van der Waals surface area contributed by atoms with Crippen molar-refractivity contribution in [3.05, 3.63) is 65.9 Å². The largest absolute Gasteiger partial charge is 0.112 e. The Kier molecular flexibility index (Phi) is 3.05. The Morgan fingerprint density at radius 3 is 2.09 bits per heavy atom. The van der Waals surface area contributed by atoms with Crippen LogP contribution in [0.3, 0.4) is 0 Å². The zero-order valence-corrected chi connectivity index (χ0v) is 14.3. The zero-order chi connectivity index (χ0) is 15.3. The smallest absolute Gasteiger partial charge is 0.0924 e. The van der Waals surface area contributed by atoms with Crippen molar-refractivity contribution >= 4 is 46.3 Å². The molecule has 0 unspecified atom stereocenters. The average molecular weight is 299 g/mol. The first-order valence-electron chi connectivity index (χ1n) is 7.84. The fourth-order valence-electron chi connectivity index (χ4n) is 3.49. The zero-order valence-electron chi connectivity index (χ0n) is 13.3. The molecule has 0 bridgehead atoms. The van der Waals surface area contributed by atoms with Crippen LogP contribution in [-0.4, -0.2) is 8.80 Å². The van der Waals surface area contributed by atoms with Gasteiger partial charge < -0.3 is 0 Å². The van der Waals surface area contributed by atoms with Crippen molar-refractivity contribution in [1.29, 1.82) is 0 Å². The van der Waals surface area contributed by atoms with E-state index in [0.29, 0.717) is 0 Å². The molecule has 22 heavy (non-hydrogen) atoms. The summed E-state index contributed by atoms with van der Waals surface area (Å²) in [7, 11) is -0.657. The molecule has 0 N–H and O–H groups in total. The summed E-state index contributed by atoms with van der Waals surface area (Å²) in [6, 6.07) is 20.4. The maximum absolute atomic E-state index is 2.41. The van der Waals surface area contributed by atoms with Crippen LogP contribution in [0, 0.1) is 0 Å². The molecule has 0 atom stereocenters. The Labute approximate surface area is 133 Å². The third-order valence-electron chi connectivity index (χ3n) is 4.96. The Morgan fingerprint density at radius 1 is 0.818 bits per heavy atom. The van der Waals surface area contributed by atoms with Crippen LogP contribution < -0.4 is 5.19 Å². The van der Waals surface area contributed by atoms with Crippen LogP contribution in [0.15, 0.2) is 65.9 Å². The Balaban J connectivity index is 2.17. The molecule has 4 rings (SSSR count). The molecular weight excluding hydrogens is 280 g/mol. The van der Waals surface area contributed by atoms with Gasteiger partial charge in [0, 0.05) is 0 Å². The molecule has 1 heteroatoms. The number of allylic oxidation sites excluding steroid dienone is 2. The molecule has 107 valence electrons. The van der Waals surface area contributed by atoms with Gasteiger partial charge in [0.15, 0.2) is 0 Å². The van der Waals surface area contributed by atoms with Crippen molar-refractivity contribution in [2.75, 3.05) is 0 Å². The van der Waals surface area contributed by atoms with Gasteiger partial charge in [0.05, 0.1) is 0 Å². The molecule has 0 aliphatic carbocycles. The van der Waals surface area contributed by atoms with Crippen LogP contribution in [0.5, 0.6) is 0 Å². The topological polar surface area (TPSA) is 0 Å². The lowest BCUT2D eigenvalue weighted by Gasteiger charge is -2.17. The molecule has 1 radical (unpaired) electrons. The monoisotopic (exact) mass is 299 g/mol. The van der Waals surface area contributed by atoms with Gasteiger partial charge in [-0.1, -0.05) is 72.4 Å². The molecule has 0 spiro atoms. The maximum Gasteiger partial charge on any atom is 0.112 e. The van der Waals surface area contributed by atoms with Crippen LogP contribution >= 0.6 is 0 Å². The molecule has 0 fully saturated rings. The van der Waals surface area contributed by atoms with Gasteiger partial charge in [-0.05, 0) is 51.4 Å².